The molecule has 0 spiro atoms. The van der Waals surface area contributed by atoms with Crippen LogP contribution in [0.5, 0.6) is 5.75 Å². The summed E-state index contributed by atoms with van der Waals surface area (Å²) in [6, 6.07) is 7.55. The van der Waals surface area contributed by atoms with Crippen LogP contribution >= 0.6 is 0 Å². The fraction of sp³-hybridized carbons (Fsp3) is 0.600. The normalized spacial score (nSPS) is 20.4. The molecule has 0 radical (unpaired) electrons. The molecule has 0 heterocycles. The summed E-state index contributed by atoms with van der Waals surface area (Å²) in [7, 11) is 0. The zero-order chi connectivity index (χ0) is 12.3. The van der Waals surface area contributed by atoms with Gasteiger partial charge in [0.15, 0.2) is 0 Å². The lowest BCUT2D eigenvalue weighted by molar-refractivity contribution is -0.00949. The third-order valence-corrected chi connectivity index (χ3v) is 3.84. The Morgan fingerprint density at radius 2 is 1.82 bits per heavy atom. The van der Waals surface area contributed by atoms with Crippen LogP contribution in [-0.2, 0) is 4.74 Å². The van der Waals surface area contributed by atoms with Gasteiger partial charge in [-0.25, -0.2) is 0 Å². The fourth-order valence-corrected chi connectivity index (χ4v) is 2.57. The summed E-state index contributed by atoms with van der Waals surface area (Å²) in [4.78, 5) is 0. The van der Waals surface area contributed by atoms with Gasteiger partial charge in [0.25, 0.3) is 0 Å². The van der Waals surface area contributed by atoms with Crippen molar-refractivity contribution in [2.75, 3.05) is 0 Å². The third kappa shape index (κ3) is 3.01. The highest BCUT2D eigenvalue weighted by atomic mass is 16.5. The Morgan fingerprint density at radius 1 is 1.18 bits per heavy atom. The van der Waals surface area contributed by atoms with Crippen molar-refractivity contribution in [1.82, 2.24) is 0 Å². The van der Waals surface area contributed by atoms with Gasteiger partial charge in [-0.1, -0.05) is 38.0 Å². The van der Waals surface area contributed by atoms with Gasteiger partial charge >= 0.3 is 0 Å². The molecule has 2 atom stereocenters. The van der Waals surface area contributed by atoms with Crippen molar-refractivity contribution in [3.63, 3.8) is 0 Å². The maximum Gasteiger partial charge on any atom is 0.119 e. The first-order valence-corrected chi connectivity index (χ1v) is 6.62. The van der Waals surface area contributed by atoms with Gasteiger partial charge in [0, 0.05) is 5.92 Å². The summed E-state index contributed by atoms with van der Waals surface area (Å²) < 4.78 is 6.07. The number of benzene rings is 1. The zero-order valence-corrected chi connectivity index (χ0v) is 10.7. The average Bonchev–Trinajstić information content (AvgIpc) is 2.81. The number of aromatic hydroxyl groups is 1. The van der Waals surface area contributed by atoms with E-state index in [-0.39, 0.29) is 12.0 Å². The Morgan fingerprint density at radius 3 is 2.47 bits per heavy atom. The van der Waals surface area contributed by atoms with Crippen molar-refractivity contribution < 1.29 is 9.84 Å². The molecule has 94 valence electrons. The molecule has 1 saturated carbocycles. The number of hydrogen-bond donors (Lipinski definition) is 1. The van der Waals surface area contributed by atoms with Crippen LogP contribution in [0.15, 0.2) is 24.3 Å². The highest BCUT2D eigenvalue weighted by Gasteiger charge is 2.23. The molecule has 1 aliphatic rings. The maximum absolute atomic E-state index is 9.84. The first-order valence-electron chi connectivity index (χ1n) is 6.62. The molecule has 2 rings (SSSR count). The monoisotopic (exact) mass is 234 g/mol. The molecule has 1 aromatic rings. The molecule has 2 heteroatoms. The molecule has 1 fully saturated rings. The molecule has 0 bridgehead atoms. The third-order valence-electron chi connectivity index (χ3n) is 3.84. The van der Waals surface area contributed by atoms with Crippen molar-refractivity contribution in [2.45, 2.75) is 57.7 Å². The molecule has 1 N–H and O–H groups in total. The van der Waals surface area contributed by atoms with Crippen molar-refractivity contribution in [3.8, 4) is 5.75 Å². The average molecular weight is 234 g/mol. The number of phenolic OH excluding ortho intramolecular Hbond substituents is 1. The second-order valence-corrected chi connectivity index (χ2v) is 5.10. The predicted molar refractivity (Wildman–Crippen MR) is 69.3 cm³/mol. The molecular weight excluding hydrogens is 212 g/mol. The summed E-state index contributed by atoms with van der Waals surface area (Å²) in [5, 5.41) is 9.84. The Balaban J connectivity index is 1.98. The Labute approximate surface area is 104 Å². The van der Waals surface area contributed by atoms with Crippen LogP contribution in [0.4, 0.5) is 0 Å². The number of phenols is 1. The van der Waals surface area contributed by atoms with Gasteiger partial charge in [-0.3, -0.25) is 0 Å². The lowest BCUT2D eigenvalue weighted by Gasteiger charge is -2.25. The van der Waals surface area contributed by atoms with Crippen molar-refractivity contribution in [3.05, 3.63) is 29.8 Å². The van der Waals surface area contributed by atoms with Crippen LogP contribution in [0.1, 0.15) is 51.0 Å². The first-order chi connectivity index (χ1) is 8.18. The minimum absolute atomic E-state index is 0.159. The highest BCUT2D eigenvalue weighted by Crippen LogP contribution is 2.31. The molecule has 0 amide bonds. The van der Waals surface area contributed by atoms with E-state index in [1.54, 1.807) is 6.07 Å². The number of ether oxygens (including phenoxy) is 1. The van der Waals surface area contributed by atoms with E-state index in [9.17, 15) is 5.11 Å². The minimum Gasteiger partial charge on any atom is -0.508 e. The second kappa shape index (κ2) is 5.54. The smallest absolute Gasteiger partial charge is 0.119 e. The molecule has 0 saturated heterocycles. The van der Waals surface area contributed by atoms with E-state index in [4.69, 9.17) is 4.74 Å². The number of rotatable bonds is 4. The molecule has 2 nitrogen and oxygen atoms in total. The Hall–Kier alpha value is -1.02. The van der Waals surface area contributed by atoms with Crippen molar-refractivity contribution >= 4 is 0 Å². The quantitative estimate of drug-likeness (QED) is 0.857. The molecule has 17 heavy (non-hydrogen) atoms. The van der Waals surface area contributed by atoms with Gasteiger partial charge in [0.1, 0.15) is 5.75 Å². The summed E-state index contributed by atoms with van der Waals surface area (Å²) in [6.07, 6.45) is 5.56. The van der Waals surface area contributed by atoms with E-state index >= 15 is 0 Å². The molecule has 2 unspecified atom stereocenters. The summed E-state index contributed by atoms with van der Waals surface area (Å²) in [5.74, 6) is 0.610. The van der Waals surface area contributed by atoms with Crippen LogP contribution in [0.25, 0.3) is 0 Å². The van der Waals surface area contributed by atoms with Crippen LogP contribution in [0.3, 0.4) is 0 Å². The van der Waals surface area contributed by atoms with Crippen molar-refractivity contribution in [1.29, 1.82) is 0 Å². The van der Waals surface area contributed by atoms with Crippen molar-refractivity contribution in [2.24, 2.45) is 0 Å². The Kier molecular flexibility index (Phi) is 4.06. The minimum atomic E-state index is 0.159. The van der Waals surface area contributed by atoms with E-state index in [0.29, 0.717) is 11.9 Å². The summed E-state index contributed by atoms with van der Waals surface area (Å²) >= 11 is 0. The van der Waals surface area contributed by atoms with E-state index < -0.39 is 0 Å². The molecule has 1 aliphatic carbocycles. The molecule has 0 aliphatic heterocycles. The van der Waals surface area contributed by atoms with E-state index in [1.807, 2.05) is 18.2 Å². The van der Waals surface area contributed by atoms with Crippen LogP contribution in [0, 0.1) is 0 Å². The fourth-order valence-electron chi connectivity index (χ4n) is 2.57. The van der Waals surface area contributed by atoms with E-state index in [1.165, 1.54) is 25.7 Å². The molecule has 0 aromatic heterocycles. The lowest BCUT2D eigenvalue weighted by Crippen LogP contribution is -2.22. The van der Waals surface area contributed by atoms with E-state index in [0.717, 1.165) is 5.56 Å². The van der Waals surface area contributed by atoms with Crippen LogP contribution in [0.2, 0.25) is 0 Å². The van der Waals surface area contributed by atoms with Gasteiger partial charge in [-0.05, 0) is 31.4 Å². The zero-order valence-electron chi connectivity index (χ0n) is 10.7. The van der Waals surface area contributed by atoms with Gasteiger partial charge in [0.2, 0.25) is 0 Å². The lowest BCUT2D eigenvalue weighted by atomic mass is 9.95. The molecule has 1 aromatic carbocycles. The standard InChI is InChI=1S/C15H22O2/c1-11(14-9-5-6-10-15(14)16)12(2)17-13-7-3-4-8-13/h5-6,9-13,16H,3-4,7-8H2,1-2H3. The number of hydrogen-bond acceptors (Lipinski definition) is 2. The van der Waals surface area contributed by atoms with Crippen LogP contribution in [-0.4, -0.2) is 17.3 Å². The van der Waals surface area contributed by atoms with Gasteiger partial charge in [0.05, 0.1) is 12.2 Å². The van der Waals surface area contributed by atoms with Gasteiger partial charge < -0.3 is 9.84 Å². The maximum atomic E-state index is 9.84. The largest absolute Gasteiger partial charge is 0.508 e. The number of para-hydroxylation sites is 1. The van der Waals surface area contributed by atoms with Gasteiger partial charge in [-0.2, -0.15) is 0 Å². The Bertz CT molecular complexity index is 356. The van der Waals surface area contributed by atoms with E-state index in [2.05, 4.69) is 13.8 Å². The first kappa shape index (κ1) is 12.4. The van der Waals surface area contributed by atoms with Crippen LogP contribution < -0.4 is 0 Å². The topological polar surface area (TPSA) is 29.5 Å². The summed E-state index contributed by atoms with van der Waals surface area (Å²) in [6.45, 7) is 4.23. The highest BCUT2D eigenvalue weighted by molar-refractivity contribution is 5.35. The predicted octanol–water partition coefficient (Wildman–Crippen LogP) is 3.84. The summed E-state index contributed by atoms with van der Waals surface area (Å²) in [5.41, 5.74) is 0.984. The molecular formula is C15H22O2. The second-order valence-electron chi connectivity index (χ2n) is 5.10. The van der Waals surface area contributed by atoms with Gasteiger partial charge in [-0.15, -0.1) is 0 Å². The SMILES string of the molecule is CC(OC1CCCC1)C(C)c1ccccc1O.